The monoisotopic (exact) mass is 296 g/mol. The molecule has 0 radical (unpaired) electrons. The largest absolute Gasteiger partial charge is 0.388 e. The van der Waals surface area contributed by atoms with E-state index in [1.165, 1.54) is 0 Å². The second-order valence-corrected chi connectivity index (χ2v) is 5.98. The number of hydrogen-bond donors (Lipinski definition) is 2. The van der Waals surface area contributed by atoms with Crippen LogP contribution in [0.3, 0.4) is 0 Å². The van der Waals surface area contributed by atoms with Gasteiger partial charge in [-0.15, -0.1) is 0 Å². The maximum atomic E-state index is 12.7. The van der Waals surface area contributed by atoms with Crippen LogP contribution in [0.4, 0.5) is 5.69 Å². The Hall–Kier alpha value is -1.26. The van der Waals surface area contributed by atoms with Crippen molar-refractivity contribution in [3.63, 3.8) is 0 Å². The number of nitrogens with zero attached hydrogens (tertiary/aromatic N) is 1. The Balaban J connectivity index is 2.26. The van der Waals surface area contributed by atoms with Crippen LogP contribution in [0.25, 0.3) is 0 Å². The van der Waals surface area contributed by atoms with Gasteiger partial charge in [0.25, 0.3) is 5.91 Å². The molecule has 4 nitrogen and oxygen atoms in total. The molecule has 1 saturated heterocycles. The third-order valence-corrected chi connectivity index (χ3v) is 3.78. The first-order chi connectivity index (χ1) is 9.43. The van der Waals surface area contributed by atoms with Crippen LogP contribution in [0.2, 0.25) is 5.02 Å². The quantitative estimate of drug-likeness (QED) is 0.902. The van der Waals surface area contributed by atoms with Crippen molar-refractivity contribution in [2.75, 3.05) is 25.0 Å². The molecule has 20 heavy (non-hydrogen) atoms. The van der Waals surface area contributed by atoms with Crippen molar-refractivity contribution in [1.82, 2.24) is 4.90 Å². The topological polar surface area (TPSA) is 52.6 Å². The molecule has 1 aliphatic heterocycles. The minimum atomic E-state index is -0.801. The summed E-state index contributed by atoms with van der Waals surface area (Å²) in [4.78, 5) is 14.4. The van der Waals surface area contributed by atoms with E-state index in [1.54, 1.807) is 24.0 Å². The van der Waals surface area contributed by atoms with Crippen LogP contribution in [0.15, 0.2) is 18.2 Å². The number of anilines is 1. The van der Waals surface area contributed by atoms with Crippen LogP contribution in [-0.2, 0) is 0 Å². The van der Waals surface area contributed by atoms with Gasteiger partial charge < -0.3 is 15.3 Å². The van der Waals surface area contributed by atoms with Crippen LogP contribution in [0, 0.1) is 0 Å². The standard InChI is InChI=1S/C15H21ClN2O2/c1-3-17-13-6-5-11(16)9-12(13)14(19)18-8-4-7-15(2,20)10-18/h5-6,9,17,20H,3-4,7-8,10H2,1-2H3. The smallest absolute Gasteiger partial charge is 0.256 e. The summed E-state index contributed by atoms with van der Waals surface area (Å²) in [5, 5.41) is 13.8. The fourth-order valence-electron chi connectivity index (χ4n) is 2.60. The zero-order valence-electron chi connectivity index (χ0n) is 11.9. The number of β-amino-alcohol motifs (C(OH)–C–C–N with tert-alkyl or cyclic N) is 1. The number of carbonyl (C=O) groups is 1. The highest BCUT2D eigenvalue weighted by Gasteiger charge is 2.32. The highest BCUT2D eigenvalue weighted by molar-refractivity contribution is 6.31. The number of amides is 1. The second-order valence-electron chi connectivity index (χ2n) is 5.55. The van der Waals surface area contributed by atoms with E-state index in [2.05, 4.69) is 5.32 Å². The maximum absolute atomic E-state index is 12.7. The molecule has 1 aliphatic rings. The van der Waals surface area contributed by atoms with Crippen LogP contribution in [0.1, 0.15) is 37.0 Å². The van der Waals surface area contributed by atoms with Crippen molar-refractivity contribution in [3.8, 4) is 0 Å². The van der Waals surface area contributed by atoms with Crippen molar-refractivity contribution in [2.24, 2.45) is 0 Å². The summed E-state index contributed by atoms with van der Waals surface area (Å²) < 4.78 is 0. The molecule has 1 amide bonds. The fraction of sp³-hybridized carbons (Fsp3) is 0.533. The lowest BCUT2D eigenvalue weighted by atomic mass is 9.94. The van der Waals surface area contributed by atoms with E-state index in [-0.39, 0.29) is 5.91 Å². The Morgan fingerprint density at radius 3 is 2.95 bits per heavy atom. The average molecular weight is 297 g/mol. The summed E-state index contributed by atoms with van der Waals surface area (Å²) >= 11 is 6.01. The number of nitrogens with one attached hydrogen (secondary N) is 1. The Kier molecular flexibility index (Phi) is 4.55. The van der Waals surface area contributed by atoms with Gasteiger partial charge in [-0.05, 0) is 44.9 Å². The summed E-state index contributed by atoms with van der Waals surface area (Å²) in [5.74, 6) is -0.0802. The highest BCUT2D eigenvalue weighted by Crippen LogP contribution is 2.26. The third kappa shape index (κ3) is 3.44. The third-order valence-electron chi connectivity index (χ3n) is 3.54. The van der Waals surface area contributed by atoms with Crippen molar-refractivity contribution in [3.05, 3.63) is 28.8 Å². The number of piperidine rings is 1. The molecule has 2 N–H and O–H groups in total. The number of likely N-dealkylation sites (tertiary alicyclic amines) is 1. The molecular formula is C15H21ClN2O2. The van der Waals surface area contributed by atoms with Crippen molar-refractivity contribution < 1.29 is 9.90 Å². The summed E-state index contributed by atoms with van der Waals surface area (Å²) in [6.45, 7) is 5.53. The van der Waals surface area contributed by atoms with Crippen molar-refractivity contribution in [1.29, 1.82) is 0 Å². The van der Waals surface area contributed by atoms with E-state index in [0.29, 0.717) is 23.7 Å². The summed E-state index contributed by atoms with van der Waals surface area (Å²) in [5.41, 5.74) is 0.550. The van der Waals surface area contributed by atoms with Crippen LogP contribution < -0.4 is 5.32 Å². The van der Waals surface area contributed by atoms with Gasteiger partial charge in [-0.1, -0.05) is 11.6 Å². The first-order valence-electron chi connectivity index (χ1n) is 6.98. The van der Waals surface area contributed by atoms with Gasteiger partial charge in [0.15, 0.2) is 0 Å². The number of carbonyl (C=O) groups excluding carboxylic acids is 1. The predicted molar refractivity (Wildman–Crippen MR) is 81.4 cm³/mol. The lowest BCUT2D eigenvalue weighted by Gasteiger charge is -2.37. The Bertz CT molecular complexity index is 503. The Labute approximate surface area is 124 Å². The molecule has 1 aromatic rings. The van der Waals surface area contributed by atoms with Crippen LogP contribution >= 0.6 is 11.6 Å². The first-order valence-corrected chi connectivity index (χ1v) is 7.36. The molecule has 0 bridgehead atoms. The zero-order chi connectivity index (χ0) is 14.8. The van der Waals surface area contributed by atoms with Gasteiger partial charge >= 0.3 is 0 Å². The van der Waals surface area contributed by atoms with E-state index < -0.39 is 5.60 Å². The molecule has 5 heteroatoms. The van der Waals surface area contributed by atoms with Gasteiger partial charge in [0.1, 0.15) is 0 Å². The predicted octanol–water partition coefficient (Wildman–Crippen LogP) is 2.76. The number of hydrogen-bond acceptors (Lipinski definition) is 3. The van der Waals surface area contributed by atoms with Gasteiger partial charge in [0.2, 0.25) is 0 Å². The van der Waals surface area contributed by atoms with Gasteiger partial charge in [-0.3, -0.25) is 4.79 Å². The Morgan fingerprint density at radius 2 is 2.30 bits per heavy atom. The van der Waals surface area contributed by atoms with Crippen LogP contribution in [-0.4, -0.2) is 41.1 Å². The fourth-order valence-corrected chi connectivity index (χ4v) is 2.77. The van der Waals surface area contributed by atoms with E-state index in [0.717, 1.165) is 25.1 Å². The van der Waals surface area contributed by atoms with E-state index in [4.69, 9.17) is 11.6 Å². The van der Waals surface area contributed by atoms with E-state index >= 15 is 0 Å². The van der Waals surface area contributed by atoms with E-state index in [1.807, 2.05) is 13.0 Å². The van der Waals surface area contributed by atoms with Gasteiger partial charge in [-0.2, -0.15) is 0 Å². The van der Waals surface area contributed by atoms with Gasteiger partial charge in [0.05, 0.1) is 11.2 Å². The molecule has 0 aromatic heterocycles. The minimum Gasteiger partial charge on any atom is -0.388 e. The van der Waals surface area contributed by atoms with E-state index in [9.17, 15) is 9.90 Å². The highest BCUT2D eigenvalue weighted by atomic mass is 35.5. The van der Waals surface area contributed by atoms with Gasteiger partial charge in [0, 0.05) is 30.3 Å². The maximum Gasteiger partial charge on any atom is 0.256 e. The lowest BCUT2D eigenvalue weighted by molar-refractivity contribution is -0.0107. The van der Waals surface area contributed by atoms with Gasteiger partial charge in [-0.25, -0.2) is 0 Å². The van der Waals surface area contributed by atoms with Crippen LogP contribution in [0.5, 0.6) is 0 Å². The molecule has 110 valence electrons. The molecule has 1 unspecified atom stereocenters. The minimum absolute atomic E-state index is 0.0802. The molecule has 0 saturated carbocycles. The molecule has 2 rings (SSSR count). The first kappa shape index (κ1) is 15.1. The lowest BCUT2D eigenvalue weighted by Crippen LogP contribution is -2.48. The zero-order valence-corrected chi connectivity index (χ0v) is 12.7. The SMILES string of the molecule is CCNc1ccc(Cl)cc1C(=O)N1CCCC(C)(O)C1. The number of aliphatic hydroxyl groups is 1. The molecule has 1 heterocycles. The summed E-state index contributed by atoms with van der Waals surface area (Å²) in [7, 11) is 0. The number of halogens is 1. The molecular weight excluding hydrogens is 276 g/mol. The molecule has 1 fully saturated rings. The summed E-state index contributed by atoms with van der Waals surface area (Å²) in [6, 6.07) is 5.27. The molecule has 0 spiro atoms. The molecule has 0 aliphatic carbocycles. The summed E-state index contributed by atoms with van der Waals surface area (Å²) in [6.07, 6.45) is 1.54. The number of benzene rings is 1. The van der Waals surface area contributed by atoms with Crippen molar-refractivity contribution in [2.45, 2.75) is 32.3 Å². The second kappa shape index (κ2) is 6.02. The normalized spacial score (nSPS) is 22.7. The molecule has 1 aromatic carbocycles. The molecule has 1 atom stereocenters. The number of rotatable bonds is 3. The van der Waals surface area contributed by atoms with Crippen molar-refractivity contribution >= 4 is 23.2 Å². The Morgan fingerprint density at radius 1 is 1.55 bits per heavy atom. The average Bonchev–Trinajstić information content (AvgIpc) is 2.39.